The molecule has 182 valence electrons. The Labute approximate surface area is 205 Å². The summed E-state index contributed by atoms with van der Waals surface area (Å²) in [5.74, 6) is 0.225. The normalized spacial score (nSPS) is 10.4. The molecule has 35 heavy (non-hydrogen) atoms. The minimum atomic E-state index is -0.318. The van der Waals surface area contributed by atoms with Crippen molar-refractivity contribution in [2.45, 2.75) is 33.2 Å². The largest absolute Gasteiger partial charge is 0.497 e. The van der Waals surface area contributed by atoms with E-state index in [-0.39, 0.29) is 37.1 Å². The van der Waals surface area contributed by atoms with E-state index in [0.717, 1.165) is 22.4 Å². The second kappa shape index (κ2) is 12.3. The lowest BCUT2D eigenvalue weighted by atomic mass is 10.1. The maximum Gasteiger partial charge on any atom is 0.240 e. The number of hydrogen-bond acceptors (Lipinski definition) is 5. The van der Waals surface area contributed by atoms with Crippen molar-refractivity contribution >= 4 is 29.2 Å². The Morgan fingerprint density at radius 2 is 1.69 bits per heavy atom. The van der Waals surface area contributed by atoms with Gasteiger partial charge in [-0.3, -0.25) is 14.4 Å². The van der Waals surface area contributed by atoms with Crippen LogP contribution in [0.15, 0.2) is 66.9 Å². The van der Waals surface area contributed by atoms with Crippen LogP contribution in [0.3, 0.4) is 0 Å². The first-order valence-electron chi connectivity index (χ1n) is 11.3. The fraction of sp³-hybridized carbons (Fsp3) is 0.259. The number of methoxy groups -OCH3 is 1. The van der Waals surface area contributed by atoms with E-state index < -0.39 is 0 Å². The first kappa shape index (κ1) is 25.4. The molecule has 0 spiro atoms. The number of pyridine rings is 1. The van der Waals surface area contributed by atoms with Crippen LogP contribution < -0.4 is 20.3 Å². The Morgan fingerprint density at radius 3 is 2.34 bits per heavy atom. The van der Waals surface area contributed by atoms with Crippen molar-refractivity contribution in [3.8, 4) is 5.75 Å². The predicted octanol–water partition coefficient (Wildman–Crippen LogP) is 3.78. The van der Waals surface area contributed by atoms with Gasteiger partial charge < -0.3 is 20.3 Å². The number of nitrogens with zero attached hydrogens (tertiary/aromatic N) is 2. The number of carbonyl (C=O) groups is 3. The van der Waals surface area contributed by atoms with E-state index >= 15 is 0 Å². The molecule has 0 radical (unpaired) electrons. The van der Waals surface area contributed by atoms with Gasteiger partial charge >= 0.3 is 0 Å². The van der Waals surface area contributed by atoms with E-state index in [4.69, 9.17) is 4.74 Å². The lowest BCUT2D eigenvalue weighted by Gasteiger charge is -2.23. The zero-order chi connectivity index (χ0) is 25.2. The van der Waals surface area contributed by atoms with Gasteiger partial charge in [0, 0.05) is 31.3 Å². The van der Waals surface area contributed by atoms with Gasteiger partial charge in [-0.2, -0.15) is 0 Å². The summed E-state index contributed by atoms with van der Waals surface area (Å²) in [5, 5.41) is 5.52. The lowest BCUT2D eigenvalue weighted by molar-refractivity contribution is -0.125. The third-order valence-corrected chi connectivity index (χ3v) is 5.55. The number of anilines is 2. The first-order valence-corrected chi connectivity index (χ1v) is 11.3. The number of ether oxygens (including phenoxy) is 1. The second-order valence-electron chi connectivity index (χ2n) is 8.14. The van der Waals surface area contributed by atoms with Crippen LogP contribution in [-0.4, -0.2) is 36.4 Å². The maximum atomic E-state index is 13.1. The molecule has 3 amide bonds. The van der Waals surface area contributed by atoms with E-state index in [9.17, 15) is 14.4 Å². The van der Waals surface area contributed by atoms with E-state index in [1.165, 1.54) is 4.90 Å². The van der Waals surface area contributed by atoms with Crippen LogP contribution in [0, 0.1) is 13.8 Å². The van der Waals surface area contributed by atoms with Gasteiger partial charge in [0.25, 0.3) is 0 Å². The quantitative estimate of drug-likeness (QED) is 0.466. The zero-order valence-corrected chi connectivity index (χ0v) is 20.2. The summed E-state index contributed by atoms with van der Waals surface area (Å²) in [6.07, 6.45) is 1.51. The molecule has 0 saturated heterocycles. The van der Waals surface area contributed by atoms with Crippen molar-refractivity contribution in [2.75, 3.05) is 23.9 Å². The minimum absolute atomic E-state index is 0.0236. The summed E-state index contributed by atoms with van der Waals surface area (Å²) < 4.78 is 5.15. The van der Waals surface area contributed by atoms with Crippen LogP contribution in [0.1, 0.15) is 29.5 Å². The number of rotatable bonds is 10. The van der Waals surface area contributed by atoms with Crippen molar-refractivity contribution in [2.24, 2.45) is 0 Å². The van der Waals surface area contributed by atoms with Gasteiger partial charge in [-0.25, -0.2) is 4.98 Å². The number of hydrogen-bond donors (Lipinski definition) is 2. The van der Waals surface area contributed by atoms with E-state index in [1.54, 1.807) is 31.5 Å². The highest BCUT2D eigenvalue weighted by Crippen LogP contribution is 2.20. The molecule has 8 heteroatoms. The van der Waals surface area contributed by atoms with Crippen LogP contribution >= 0.6 is 0 Å². The third-order valence-electron chi connectivity index (χ3n) is 5.55. The monoisotopic (exact) mass is 474 g/mol. The summed E-state index contributed by atoms with van der Waals surface area (Å²) in [7, 11) is 1.59. The van der Waals surface area contributed by atoms with Gasteiger partial charge in [0.15, 0.2) is 0 Å². The smallest absolute Gasteiger partial charge is 0.240 e. The standard InChI is InChI=1S/C27H30N4O4/c1-19-7-10-22(16-20(19)2)31(18-26(33)29-17-21-8-11-23(35-3)12-9-21)27(34)14-13-25(32)30-24-6-4-5-15-28-24/h4-12,15-16H,13-14,17-18H2,1-3H3,(H,29,33)(H,28,30,32). The molecule has 0 fully saturated rings. The van der Waals surface area contributed by atoms with Crippen molar-refractivity contribution in [3.05, 3.63) is 83.6 Å². The Morgan fingerprint density at radius 1 is 0.914 bits per heavy atom. The number of nitrogens with one attached hydrogen (secondary N) is 2. The van der Waals surface area contributed by atoms with E-state index in [0.29, 0.717) is 18.1 Å². The van der Waals surface area contributed by atoms with Crippen LogP contribution in [-0.2, 0) is 20.9 Å². The molecule has 2 aromatic carbocycles. The van der Waals surface area contributed by atoms with Crippen LogP contribution in [0.5, 0.6) is 5.75 Å². The van der Waals surface area contributed by atoms with Gasteiger partial charge in [0.05, 0.1) is 7.11 Å². The van der Waals surface area contributed by atoms with Crippen molar-refractivity contribution in [3.63, 3.8) is 0 Å². The Balaban J connectivity index is 1.64. The molecular weight excluding hydrogens is 444 g/mol. The molecule has 1 aromatic heterocycles. The molecule has 0 aliphatic carbocycles. The van der Waals surface area contributed by atoms with Gasteiger partial charge in [-0.1, -0.05) is 24.3 Å². The molecule has 0 bridgehead atoms. The molecule has 3 aromatic rings. The molecule has 3 rings (SSSR count). The molecule has 0 unspecified atom stereocenters. The highest BCUT2D eigenvalue weighted by atomic mass is 16.5. The van der Waals surface area contributed by atoms with E-state index in [1.807, 2.05) is 56.3 Å². The third kappa shape index (κ3) is 7.67. The van der Waals surface area contributed by atoms with E-state index in [2.05, 4.69) is 15.6 Å². The molecule has 8 nitrogen and oxygen atoms in total. The molecule has 2 N–H and O–H groups in total. The SMILES string of the molecule is COc1ccc(CNC(=O)CN(C(=O)CCC(=O)Nc2ccccn2)c2ccc(C)c(C)c2)cc1. The summed E-state index contributed by atoms with van der Waals surface area (Å²) in [4.78, 5) is 43.6. The molecule has 1 heterocycles. The van der Waals surface area contributed by atoms with Gasteiger partial charge in [-0.05, 0) is 66.9 Å². The van der Waals surface area contributed by atoms with Gasteiger partial charge in [-0.15, -0.1) is 0 Å². The minimum Gasteiger partial charge on any atom is -0.497 e. The van der Waals surface area contributed by atoms with Crippen LogP contribution in [0.2, 0.25) is 0 Å². The van der Waals surface area contributed by atoms with Gasteiger partial charge in [0.1, 0.15) is 18.1 Å². The second-order valence-corrected chi connectivity index (χ2v) is 8.14. The summed E-state index contributed by atoms with van der Waals surface area (Å²) in [6.45, 7) is 4.10. The summed E-state index contributed by atoms with van der Waals surface area (Å²) >= 11 is 0. The number of aryl methyl sites for hydroxylation is 2. The number of amides is 3. The maximum absolute atomic E-state index is 13.1. The van der Waals surface area contributed by atoms with Crippen LogP contribution in [0.25, 0.3) is 0 Å². The molecule has 0 aliphatic rings. The van der Waals surface area contributed by atoms with Crippen molar-refractivity contribution in [1.29, 1.82) is 0 Å². The van der Waals surface area contributed by atoms with Gasteiger partial charge in [0.2, 0.25) is 17.7 Å². The topological polar surface area (TPSA) is 101 Å². The number of benzene rings is 2. The Kier molecular flexibility index (Phi) is 8.95. The average Bonchev–Trinajstić information content (AvgIpc) is 2.87. The van der Waals surface area contributed by atoms with Crippen molar-refractivity contribution in [1.82, 2.24) is 10.3 Å². The highest BCUT2D eigenvalue weighted by Gasteiger charge is 2.20. The Hall–Kier alpha value is -4.20. The zero-order valence-electron chi connectivity index (χ0n) is 20.2. The average molecular weight is 475 g/mol. The molecule has 0 saturated carbocycles. The highest BCUT2D eigenvalue weighted by molar-refractivity contribution is 6.01. The molecule has 0 atom stereocenters. The summed E-state index contributed by atoms with van der Waals surface area (Å²) in [5.41, 5.74) is 3.61. The van der Waals surface area contributed by atoms with Crippen LogP contribution in [0.4, 0.5) is 11.5 Å². The molecular formula is C27H30N4O4. The van der Waals surface area contributed by atoms with Crippen molar-refractivity contribution < 1.29 is 19.1 Å². The number of carbonyl (C=O) groups excluding carboxylic acids is 3. The predicted molar refractivity (Wildman–Crippen MR) is 135 cm³/mol. The summed E-state index contributed by atoms with van der Waals surface area (Å²) in [6, 6.07) is 18.2. The fourth-order valence-corrected chi connectivity index (χ4v) is 3.36. The first-order chi connectivity index (χ1) is 16.9. The molecule has 0 aliphatic heterocycles. The Bertz CT molecular complexity index is 1160. The number of aromatic nitrogens is 1. The fourth-order valence-electron chi connectivity index (χ4n) is 3.36. The lowest BCUT2D eigenvalue weighted by Crippen LogP contribution is -2.41.